The van der Waals surface area contributed by atoms with E-state index in [0.717, 1.165) is 6.42 Å². The van der Waals surface area contributed by atoms with Crippen molar-refractivity contribution in [3.63, 3.8) is 0 Å². The molecule has 0 N–H and O–H groups in total. The lowest BCUT2D eigenvalue weighted by molar-refractivity contribution is 1.04. The molecule has 0 nitrogen and oxygen atoms in total. The smallest absolute Gasteiger partial charge is 0.0152 e. The molecule has 4 aromatic rings. The fourth-order valence-electron chi connectivity index (χ4n) is 3.82. The van der Waals surface area contributed by atoms with Crippen molar-refractivity contribution in [1.82, 2.24) is 0 Å². The van der Waals surface area contributed by atoms with Gasteiger partial charge in [0.2, 0.25) is 0 Å². The van der Waals surface area contributed by atoms with E-state index < -0.39 is 15.8 Å². The van der Waals surface area contributed by atoms with Crippen LogP contribution in [0.15, 0.2) is 121 Å². The SMILES string of the molecule is CCC(P(c1ccccc1)c1ccccc1)P(c1ccccc1)c1ccccc1.Cl. The maximum absolute atomic E-state index is 2.37. The summed E-state index contributed by atoms with van der Waals surface area (Å²) < 4.78 is 0. The standard InChI is InChI=1S/C27H26P2.ClH/c1-2-27(28(23-15-7-3-8-16-23)24-17-9-4-10-18-24)29(25-19-11-5-12-20-25)26-21-13-6-14-22-26;/h3-22,27H,2H2,1H3;1H. The zero-order valence-electron chi connectivity index (χ0n) is 17.1. The Hall–Kier alpha value is -1.97. The Bertz CT molecular complexity index is 830. The van der Waals surface area contributed by atoms with Crippen LogP contribution in [0, 0.1) is 0 Å². The van der Waals surface area contributed by atoms with Crippen molar-refractivity contribution in [2.75, 3.05) is 0 Å². The molecule has 0 amide bonds. The largest absolute Gasteiger partial charge is 0.147 e. The van der Waals surface area contributed by atoms with Gasteiger partial charge in [-0.15, -0.1) is 12.4 Å². The normalized spacial score (nSPS) is 10.9. The molecule has 0 heterocycles. The van der Waals surface area contributed by atoms with Gasteiger partial charge in [0.25, 0.3) is 0 Å². The highest BCUT2D eigenvalue weighted by atomic mass is 35.5. The molecule has 30 heavy (non-hydrogen) atoms. The van der Waals surface area contributed by atoms with Crippen molar-refractivity contribution in [3.05, 3.63) is 121 Å². The Morgan fingerprint density at radius 3 is 0.900 bits per heavy atom. The Morgan fingerprint density at radius 1 is 0.467 bits per heavy atom. The minimum absolute atomic E-state index is 0. The third-order valence-corrected chi connectivity index (χ3v) is 11.8. The third kappa shape index (κ3) is 5.19. The summed E-state index contributed by atoms with van der Waals surface area (Å²) in [5.41, 5.74) is 0. The van der Waals surface area contributed by atoms with Crippen LogP contribution in [0.3, 0.4) is 0 Å². The quantitative estimate of drug-likeness (QED) is 0.286. The molecule has 3 heteroatoms. The predicted octanol–water partition coefficient (Wildman–Crippen LogP) is 6.41. The van der Waals surface area contributed by atoms with E-state index >= 15 is 0 Å². The van der Waals surface area contributed by atoms with Gasteiger partial charge in [-0.3, -0.25) is 0 Å². The van der Waals surface area contributed by atoms with Crippen LogP contribution in [-0.2, 0) is 0 Å². The summed E-state index contributed by atoms with van der Waals surface area (Å²) in [6.07, 6.45) is 1.16. The second kappa shape index (κ2) is 11.4. The molecule has 152 valence electrons. The van der Waals surface area contributed by atoms with Crippen LogP contribution in [0.2, 0.25) is 0 Å². The summed E-state index contributed by atoms with van der Waals surface area (Å²) in [7, 11) is -0.944. The molecular formula is C27H27ClP2. The molecule has 0 bridgehead atoms. The first kappa shape index (κ1) is 22.7. The van der Waals surface area contributed by atoms with Crippen LogP contribution in [-0.4, -0.2) is 5.40 Å². The molecule has 0 aliphatic carbocycles. The zero-order chi connectivity index (χ0) is 19.9. The van der Waals surface area contributed by atoms with E-state index in [-0.39, 0.29) is 12.4 Å². The molecule has 4 aromatic carbocycles. The lowest BCUT2D eigenvalue weighted by atomic mass is 10.4. The molecule has 0 radical (unpaired) electrons. The van der Waals surface area contributed by atoms with Gasteiger partial charge in [0.15, 0.2) is 0 Å². The molecule has 0 saturated heterocycles. The fraction of sp³-hybridized carbons (Fsp3) is 0.111. The predicted molar refractivity (Wildman–Crippen MR) is 139 cm³/mol. The van der Waals surface area contributed by atoms with Crippen LogP contribution in [0.4, 0.5) is 0 Å². The van der Waals surface area contributed by atoms with Crippen molar-refractivity contribution < 1.29 is 0 Å². The highest BCUT2D eigenvalue weighted by Gasteiger charge is 2.32. The van der Waals surface area contributed by atoms with E-state index in [1.54, 1.807) is 0 Å². The van der Waals surface area contributed by atoms with Crippen LogP contribution in [0.5, 0.6) is 0 Å². The van der Waals surface area contributed by atoms with Crippen molar-refractivity contribution in [3.8, 4) is 0 Å². The van der Waals surface area contributed by atoms with Gasteiger partial charge in [0, 0.05) is 5.40 Å². The van der Waals surface area contributed by atoms with Gasteiger partial charge in [-0.25, -0.2) is 0 Å². The van der Waals surface area contributed by atoms with Crippen LogP contribution in [0.25, 0.3) is 0 Å². The minimum atomic E-state index is -0.472. The van der Waals surface area contributed by atoms with Crippen LogP contribution >= 0.6 is 28.3 Å². The van der Waals surface area contributed by atoms with E-state index in [1.807, 2.05) is 0 Å². The van der Waals surface area contributed by atoms with Gasteiger partial charge < -0.3 is 0 Å². The van der Waals surface area contributed by atoms with Gasteiger partial charge in [-0.05, 0) is 43.5 Å². The maximum Gasteiger partial charge on any atom is 0.0152 e. The summed E-state index contributed by atoms with van der Waals surface area (Å²) in [6.45, 7) is 2.37. The van der Waals surface area contributed by atoms with Crippen molar-refractivity contribution in [2.45, 2.75) is 18.7 Å². The van der Waals surface area contributed by atoms with E-state index in [0.29, 0.717) is 5.40 Å². The average Bonchev–Trinajstić information content (AvgIpc) is 2.81. The van der Waals surface area contributed by atoms with Crippen molar-refractivity contribution >= 4 is 49.5 Å². The fourth-order valence-corrected chi connectivity index (χ4v) is 11.0. The van der Waals surface area contributed by atoms with Gasteiger partial charge >= 0.3 is 0 Å². The number of rotatable bonds is 7. The lowest BCUT2D eigenvalue weighted by Crippen LogP contribution is -2.27. The minimum Gasteiger partial charge on any atom is -0.147 e. The van der Waals surface area contributed by atoms with Gasteiger partial charge in [0.1, 0.15) is 0 Å². The number of hydrogen-bond acceptors (Lipinski definition) is 0. The van der Waals surface area contributed by atoms with Gasteiger partial charge in [0.05, 0.1) is 0 Å². The first-order valence-corrected chi connectivity index (χ1v) is 13.0. The topological polar surface area (TPSA) is 0 Å². The third-order valence-electron chi connectivity index (χ3n) is 5.10. The van der Waals surface area contributed by atoms with Crippen LogP contribution < -0.4 is 21.2 Å². The first-order chi connectivity index (χ1) is 14.4. The van der Waals surface area contributed by atoms with Gasteiger partial charge in [-0.1, -0.05) is 128 Å². The van der Waals surface area contributed by atoms with E-state index in [4.69, 9.17) is 0 Å². The lowest BCUT2D eigenvalue weighted by Gasteiger charge is -2.35. The molecule has 0 atom stereocenters. The van der Waals surface area contributed by atoms with Gasteiger partial charge in [-0.2, -0.15) is 0 Å². The Morgan fingerprint density at radius 2 is 0.700 bits per heavy atom. The second-order valence-corrected chi connectivity index (χ2v) is 12.2. The van der Waals surface area contributed by atoms with E-state index in [2.05, 4.69) is 128 Å². The summed E-state index contributed by atoms with van der Waals surface area (Å²) in [4.78, 5) is 0. The first-order valence-electron chi connectivity index (χ1n) is 10.2. The summed E-state index contributed by atoms with van der Waals surface area (Å²) in [6, 6.07) is 44.6. The summed E-state index contributed by atoms with van der Waals surface area (Å²) >= 11 is 0. The number of hydrogen-bond donors (Lipinski definition) is 0. The Kier molecular flexibility index (Phi) is 8.65. The van der Waals surface area contributed by atoms with Crippen LogP contribution in [0.1, 0.15) is 13.3 Å². The summed E-state index contributed by atoms with van der Waals surface area (Å²) in [5.74, 6) is 0. The maximum atomic E-state index is 2.37. The monoisotopic (exact) mass is 448 g/mol. The molecule has 0 fully saturated rings. The molecule has 4 rings (SSSR count). The summed E-state index contributed by atoms with van der Waals surface area (Å²) in [5, 5.41) is 6.47. The van der Waals surface area contributed by atoms with Crippen molar-refractivity contribution in [2.24, 2.45) is 0 Å². The second-order valence-electron chi connectivity index (χ2n) is 6.97. The molecule has 0 aliphatic rings. The highest BCUT2D eigenvalue weighted by molar-refractivity contribution is 7.89. The van der Waals surface area contributed by atoms with Crippen molar-refractivity contribution in [1.29, 1.82) is 0 Å². The molecule has 0 saturated carbocycles. The molecule has 0 aliphatic heterocycles. The Labute approximate surface area is 189 Å². The highest BCUT2D eigenvalue weighted by Crippen LogP contribution is 2.57. The number of benzene rings is 4. The molecular weight excluding hydrogens is 422 g/mol. The number of halogens is 1. The van der Waals surface area contributed by atoms with E-state index in [1.165, 1.54) is 21.2 Å². The van der Waals surface area contributed by atoms with E-state index in [9.17, 15) is 0 Å². The molecule has 0 aromatic heterocycles. The zero-order valence-corrected chi connectivity index (χ0v) is 19.7. The average molecular weight is 449 g/mol. The molecule has 0 unspecified atom stereocenters. The Balaban J connectivity index is 0.00000256. The molecule has 0 spiro atoms.